The number of alkyl halides is 1. The van der Waals surface area contributed by atoms with E-state index in [1.807, 2.05) is 12.1 Å². The average molecular weight is 285 g/mol. The maximum absolute atomic E-state index is 11.3. The van der Waals surface area contributed by atoms with E-state index >= 15 is 0 Å². The molecule has 0 N–H and O–H groups in total. The van der Waals surface area contributed by atoms with Gasteiger partial charge in [0.15, 0.2) is 0 Å². The van der Waals surface area contributed by atoms with E-state index in [1.165, 1.54) is 12.7 Å². The molecule has 0 bridgehead atoms. The Bertz CT molecular complexity index is 343. The van der Waals surface area contributed by atoms with E-state index in [9.17, 15) is 4.79 Å². The van der Waals surface area contributed by atoms with Crippen LogP contribution in [-0.2, 0) is 16.0 Å². The van der Waals surface area contributed by atoms with E-state index in [-0.39, 0.29) is 10.8 Å². The molecule has 1 rings (SSSR count). The van der Waals surface area contributed by atoms with E-state index in [0.29, 0.717) is 5.92 Å². The van der Waals surface area contributed by atoms with E-state index in [2.05, 4.69) is 46.6 Å². The first-order chi connectivity index (χ1) is 7.54. The number of carbonyl (C=O) groups excluding carboxylic acids is 1. The largest absolute Gasteiger partial charge is 0.468 e. The van der Waals surface area contributed by atoms with Gasteiger partial charge in [0.1, 0.15) is 4.83 Å². The summed E-state index contributed by atoms with van der Waals surface area (Å²) < 4.78 is 4.68. The van der Waals surface area contributed by atoms with Crippen LogP contribution < -0.4 is 0 Å². The number of ether oxygens (including phenoxy) is 1. The van der Waals surface area contributed by atoms with E-state index < -0.39 is 0 Å². The summed E-state index contributed by atoms with van der Waals surface area (Å²) in [5.41, 5.74) is 2.22. The molecular weight excluding hydrogens is 268 g/mol. The van der Waals surface area contributed by atoms with E-state index in [1.54, 1.807) is 0 Å². The number of hydrogen-bond acceptors (Lipinski definition) is 2. The molecule has 3 heteroatoms. The number of halogens is 1. The molecule has 1 aromatic carbocycles. The summed E-state index contributed by atoms with van der Waals surface area (Å²) in [6.45, 7) is 4.38. The first kappa shape index (κ1) is 13.2. The van der Waals surface area contributed by atoms with Gasteiger partial charge >= 0.3 is 5.97 Å². The third-order valence-electron chi connectivity index (χ3n) is 2.32. The van der Waals surface area contributed by atoms with Crippen molar-refractivity contribution in [3.8, 4) is 0 Å². The smallest absolute Gasteiger partial charge is 0.323 e. The molecule has 0 heterocycles. The Hall–Kier alpha value is -0.830. The summed E-state index contributed by atoms with van der Waals surface area (Å²) in [6.07, 6.45) is 1.06. The molecule has 0 amide bonds. The summed E-state index contributed by atoms with van der Waals surface area (Å²) in [7, 11) is 1.39. The number of carbonyl (C=O) groups is 1. The minimum absolute atomic E-state index is 0.267. The number of methoxy groups -OCH3 is 1. The highest BCUT2D eigenvalue weighted by atomic mass is 79.9. The number of hydrogen-bond donors (Lipinski definition) is 0. The van der Waals surface area contributed by atoms with Gasteiger partial charge in [0.25, 0.3) is 0 Å². The summed E-state index contributed by atoms with van der Waals surface area (Å²) in [5.74, 6) is 0.378. The standard InChI is InChI=1S/C13H17BrO2/c1-9(2)8-10-4-6-11(7-5-10)12(14)13(15)16-3/h4-7,9,12H,8H2,1-3H3/t12-/m1/s1. The highest BCUT2D eigenvalue weighted by Gasteiger charge is 2.17. The van der Waals surface area contributed by atoms with Crippen LogP contribution in [0.2, 0.25) is 0 Å². The van der Waals surface area contributed by atoms with Gasteiger partial charge in [0.2, 0.25) is 0 Å². The van der Waals surface area contributed by atoms with Gasteiger partial charge in [-0.25, -0.2) is 0 Å². The molecule has 0 aliphatic rings. The SMILES string of the molecule is COC(=O)[C@H](Br)c1ccc(CC(C)C)cc1. The number of esters is 1. The molecule has 0 aromatic heterocycles. The normalized spacial score (nSPS) is 12.6. The van der Waals surface area contributed by atoms with Crippen molar-refractivity contribution in [2.45, 2.75) is 25.1 Å². The van der Waals surface area contributed by atoms with Crippen LogP contribution in [0.3, 0.4) is 0 Å². The zero-order chi connectivity index (χ0) is 12.1. The molecule has 0 unspecified atom stereocenters. The van der Waals surface area contributed by atoms with Gasteiger partial charge in [-0.2, -0.15) is 0 Å². The maximum atomic E-state index is 11.3. The summed E-state index contributed by atoms with van der Waals surface area (Å²) in [5, 5.41) is 0. The van der Waals surface area contributed by atoms with Gasteiger partial charge in [-0.05, 0) is 23.5 Å². The van der Waals surface area contributed by atoms with Crippen LogP contribution in [-0.4, -0.2) is 13.1 Å². The molecule has 0 fully saturated rings. The van der Waals surface area contributed by atoms with Crippen LogP contribution in [0.1, 0.15) is 29.8 Å². The first-order valence-corrected chi connectivity index (χ1v) is 6.27. The molecule has 1 atom stereocenters. The van der Waals surface area contributed by atoms with Crippen molar-refractivity contribution in [1.82, 2.24) is 0 Å². The van der Waals surface area contributed by atoms with Gasteiger partial charge < -0.3 is 4.74 Å². The highest BCUT2D eigenvalue weighted by molar-refractivity contribution is 9.09. The van der Waals surface area contributed by atoms with E-state index in [4.69, 9.17) is 0 Å². The first-order valence-electron chi connectivity index (χ1n) is 5.35. The molecule has 0 aliphatic heterocycles. The zero-order valence-corrected chi connectivity index (χ0v) is 11.5. The second-order valence-electron chi connectivity index (χ2n) is 4.23. The summed E-state index contributed by atoms with van der Waals surface area (Å²) in [4.78, 5) is 10.9. The van der Waals surface area contributed by atoms with Crippen LogP contribution >= 0.6 is 15.9 Å². The Morgan fingerprint density at radius 3 is 2.31 bits per heavy atom. The van der Waals surface area contributed by atoms with Gasteiger partial charge in [-0.15, -0.1) is 0 Å². The molecule has 0 saturated carbocycles. The van der Waals surface area contributed by atoms with Gasteiger partial charge in [0.05, 0.1) is 7.11 Å². The second-order valence-corrected chi connectivity index (χ2v) is 5.14. The lowest BCUT2D eigenvalue weighted by Crippen LogP contribution is -2.08. The Balaban J connectivity index is 2.74. The molecule has 2 nitrogen and oxygen atoms in total. The quantitative estimate of drug-likeness (QED) is 0.625. The molecule has 0 aliphatic carbocycles. The van der Waals surface area contributed by atoms with Crippen molar-refractivity contribution >= 4 is 21.9 Å². The number of benzene rings is 1. The van der Waals surface area contributed by atoms with Crippen LogP contribution in [0, 0.1) is 5.92 Å². The predicted molar refractivity (Wildman–Crippen MR) is 68.7 cm³/mol. The fourth-order valence-corrected chi connectivity index (χ4v) is 2.03. The van der Waals surface area contributed by atoms with Crippen LogP contribution in [0.15, 0.2) is 24.3 Å². The average Bonchev–Trinajstić information content (AvgIpc) is 2.27. The van der Waals surface area contributed by atoms with Gasteiger partial charge in [-0.1, -0.05) is 54.0 Å². The fraction of sp³-hybridized carbons (Fsp3) is 0.462. The highest BCUT2D eigenvalue weighted by Crippen LogP contribution is 2.24. The summed E-state index contributed by atoms with van der Waals surface area (Å²) in [6, 6.07) is 8.06. The molecule has 1 aromatic rings. The Morgan fingerprint density at radius 1 is 1.31 bits per heavy atom. The predicted octanol–water partition coefficient (Wildman–Crippen LogP) is 3.49. The lowest BCUT2D eigenvalue weighted by Gasteiger charge is -2.09. The van der Waals surface area contributed by atoms with Crippen molar-refractivity contribution < 1.29 is 9.53 Å². The van der Waals surface area contributed by atoms with Gasteiger partial charge in [0, 0.05) is 0 Å². The van der Waals surface area contributed by atoms with Crippen LogP contribution in [0.4, 0.5) is 0 Å². The molecule has 16 heavy (non-hydrogen) atoms. The zero-order valence-electron chi connectivity index (χ0n) is 9.87. The Kier molecular flexibility index (Phi) is 5.00. The van der Waals surface area contributed by atoms with Crippen molar-refractivity contribution in [2.75, 3.05) is 7.11 Å². The lowest BCUT2D eigenvalue weighted by atomic mass is 10.0. The maximum Gasteiger partial charge on any atom is 0.323 e. The third-order valence-corrected chi connectivity index (χ3v) is 3.23. The van der Waals surface area contributed by atoms with Gasteiger partial charge in [-0.3, -0.25) is 4.79 Å². The van der Waals surface area contributed by atoms with E-state index in [0.717, 1.165) is 12.0 Å². The van der Waals surface area contributed by atoms with Crippen molar-refractivity contribution in [2.24, 2.45) is 5.92 Å². The molecule has 88 valence electrons. The van der Waals surface area contributed by atoms with Crippen LogP contribution in [0.5, 0.6) is 0 Å². The minimum Gasteiger partial charge on any atom is -0.468 e. The fourth-order valence-electron chi connectivity index (χ4n) is 1.53. The van der Waals surface area contributed by atoms with Crippen molar-refractivity contribution in [1.29, 1.82) is 0 Å². The molecule has 0 saturated heterocycles. The topological polar surface area (TPSA) is 26.3 Å². The summed E-state index contributed by atoms with van der Waals surface area (Å²) >= 11 is 3.31. The van der Waals surface area contributed by atoms with Crippen molar-refractivity contribution in [3.63, 3.8) is 0 Å². The monoisotopic (exact) mass is 284 g/mol. The molecular formula is C13H17BrO2. The lowest BCUT2D eigenvalue weighted by molar-refractivity contribution is -0.139. The Morgan fingerprint density at radius 2 is 1.88 bits per heavy atom. The Labute approximate surface area is 105 Å². The molecule has 0 radical (unpaired) electrons. The molecule has 0 spiro atoms. The van der Waals surface area contributed by atoms with Crippen LogP contribution in [0.25, 0.3) is 0 Å². The third kappa shape index (κ3) is 3.63. The number of rotatable bonds is 4. The minimum atomic E-state index is -0.370. The van der Waals surface area contributed by atoms with Crippen molar-refractivity contribution in [3.05, 3.63) is 35.4 Å². The second kappa shape index (κ2) is 6.04.